The van der Waals surface area contributed by atoms with Gasteiger partial charge in [-0.05, 0) is 33.6 Å². The second kappa shape index (κ2) is 9.78. The lowest BCUT2D eigenvalue weighted by Crippen LogP contribution is -2.56. The van der Waals surface area contributed by atoms with Crippen molar-refractivity contribution in [3.05, 3.63) is 0 Å². The number of ether oxygens (including phenoxy) is 1. The third kappa shape index (κ3) is 9.63. The molecule has 0 aliphatic carbocycles. The Bertz CT molecular complexity index is 486. The molecule has 0 aliphatic rings. The number of nitrogens with one attached hydrogen (secondary N) is 3. The van der Waals surface area contributed by atoms with Crippen molar-refractivity contribution in [1.29, 1.82) is 0 Å². The van der Waals surface area contributed by atoms with Crippen molar-refractivity contribution in [2.75, 3.05) is 13.1 Å². The largest absolute Gasteiger partial charge is 0.444 e. The van der Waals surface area contributed by atoms with Crippen molar-refractivity contribution in [3.63, 3.8) is 0 Å². The lowest BCUT2D eigenvalue weighted by Gasteiger charge is -2.34. The molecule has 26 heavy (non-hydrogen) atoms. The van der Waals surface area contributed by atoms with Crippen LogP contribution in [-0.4, -0.2) is 42.1 Å². The Morgan fingerprint density at radius 1 is 0.885 bits per heavy atom. The summed E-state index contributed by atoms with van der Waals surface area (Å²) in [6.07, 6.45) is 1.01. The zero-order valence-corrected chi connectivity index (χ0v) is 17.7. The minimum absolute atomic E-state index is 0.0895. The van der Waals surface area contributed by atoms with Crippen LogP contribution in [0.15, 0.2) is 0 Å². The van der Waals surface area contributed by atoms with Crippen LogP contribution < -0.4 is 16.0 Å². The van der Waals surface area contributed by atoms with Crippen molar-refractivity contribution < 1.29 is 19.1 Å². The number of rotatable bonds is 8. The Balaban J connectivity index is 4.52. The van der Waals surface area contributed by atoms with Gasteiger partial charge in [-0.25, -0.2) is 4.79 Å². The van der Waals surface area contributed by atoms with Crippen molar-refractivity contribution >= 4 is 17.9 Å². The summed E-state index contributed by atoms with van der Waals surface area (Å²) in [5, 5.41) is 8.48. The normalized spacial score (nSPS) is 12.3. The van der Waals surface area contributed by atoms with Gasteiger partial charge in [0.25, 0.3) is 0 Å². The van der Waals surface area contributed by atoms with E-state index in [0.29, 0.717) is 19.4 Å². The molecule has 7 nitrogen and oxygen atoms in total. The Kier molecular flexibility index (Phi) is 9.11. The molecule has 0 bridgehead atoms. The van der Waals surface area contributed by atoms with E-state index in [2.05, 4.69) is 16.0 Å². The number of hydrogen-bond acceptors (Lipinski definition) is 4. The van der Waals surface area contributed by atoms with Gasteiger partial charge >= 0.3 is 6.09 Å². The fourth-order valence-corrected chi connectivity index (χ4v) is 2.15. The van der Waals surface area contributed by atoms with Crippen LogP contribution in [0, 0.1) is 5.41 Å². The van der Waals surface area contributed by atoms with E-state index in [0.717, 1.165) is 0 Å². The highest BCUT2D eigenvalue weighted by Crippen LogP contribution is 2.16. The Labute approximate surface area is 158 Å². The van der Waals surface area contributed by atoms with Gasteiger partial charge in [0.15, 0.2) is 0 Å². The lowest BCUT2D eigenvalue weighted by molar-refractivity contribution is -0.128. The molecule has 152 valence electrons. The molecule has 0 saturated carbocycles. The average molecular weight is 372 g/mol. The van der Waals surface area contributed by atoms with E-state index in [1.807, 2.05) is 34.6 Å². The van der Waals surface area contributed by atoms with Gasteiger partial charge in [0, 0.05) is 24.9 Å². The summed E-state index contributed by atoms with van der Waals surface area (Å²) in [7, 11) is 0. The predicted molar refractivity (Wildman–Crippen MR) is 103 cm³/mol. The standard InChI is InChI=1S/C19H37N3O4/c1-9-19(10-2,22-16(25)26-18(6,7)8)13-21-14(23)11-12-20-15(24)17(3,4)5/h9-13H2,1-8H3,(H,20,24)(H,21,23)(H,22,25). The first-order valence-electron chi connectivity index (χ1n) is 9.31. The summed E-state index contributed by atoms with van der Waals surface area (Å²) in [6.45, 7) is 15.4. The minimum atomic E-state index is -0.578. The SMILES string of the molecule is CCC(CC)(CNC(=O)CCNC(=O)C(C)(C)C)NC(=O)OC(C)(C)C. The van der Waals surface area contributed by atoms with Gasteiger partial charge in [-0.15, -0.1) is 0 Å². The molecule has 0 unspecified atom stereocenters. The summed E-state index contributed by atoms with van der Waals surface area (Å²) >= 11 is 0. The number of alkyl carbamates (subject to hydrolysis) is 1. The van der Waals surface area contributed by atoms with Crippen LogP contribution in [0.25, 0.3) is 0 Å². The van der Waals surface area contributed by atoms with Crippen LogP contribution >= 0.6 is 0 Å². The third-order valence-corrected chi connectivity index (χ3v) is 4.06. The highest BCUT2D eigenvalue weighted by molar-refractivity contribution is 5.82. The fraction of sp³-hybridized carbons (Fsp3) is 0.842. The van der Waals surface area contributed by atoms with Crippen LogP contribution in [0.4, 0.5) is 4.79 Å². The lowest BCUT2D eigenvalue weighted by atomic mass is 9.92. The molecule has 0 heterocycles. The van der Waals surface area contributed by atoms with E-state index >= 15 is 0 Å². The second-order valence-electron chi connectivity index (χ2n) is 8.65. The second-order valence-corrected chi connectivity index (χ2v) is 8.65. The van der Waals surface area contributed by atoms with Crippen molar-refractivity contribution in [2.24, 2.45) is 5.41 Å². The molecule has 0 aromatic heterocycles. The van der Waals surface area contributed by atoms with E-state index in [9.17, 15) is 14.4 Å². The molecule has 3 amide bonds. The Hall–Kier alpha value is -1.79. The minimum Gasteiger partial charge on any atom is -0.444 e. The summed E-state index contributed by atoms with van der Waals surface area (Å²) in [4.78, 5) is 35.9. The van der Waals surface area contributed by atoms with Gasteiger partial charge in [0.2, 0.25) is 11.8 Å². The van der Waals surface area contributed by atoms with E-state index in [1.54, 1.807) is 20.8 Å². The molecule has 0 radical (unpaired) electrons. The first kappa shape index (κ1) is 24.2. The third-order valence-electron chi connectivity index (χ3n) is 4.06. The van der Waals surface area contributed by atoms with Gasteiger partial charge in [0.05, 0.1) is 5.54 Å². The van der Waals surface area contributed by atoms with E-state index < -0.39 is 22.6 Å². The van der Waals surface area contributed by atoms with Gasteiger partial charge in [0.1, 0.15) is 5.60 Å². The molecular formula is C19H37N3O4. The number of carbonyl (C=O) groups excluding carboxylic acids is 3. The molecule has 0 aromatic carbocycles. The average Bonchev–Trinajstić information content (AvgIpc) is 2.48. The van der Waals surface area contributed by atoms with Crippen LogP contribution in [0.2, 0.25) is 0 Å². The Morgan fingerprint density at radius 2 is 1.42 bits per heavy atom. The summed E-state index contributed by atoms with van der Waals surface area (Å²) in [5.41, 5.74) is -1.62. The quantitative estimate of drug-likeness (QED) is 0.611. The molecule has 0 saturated heterocycles. The summed E-state index contributed by atoms with van der Waals surface area (Å²) < 4.78 is 5.32. The summed E-state index contributed by atoms with van der Waals surface area (Å²) in [5.74, 6) is -0.259. The van der Waals surface area contributed by atoms with E-state index in [1.165, 1.54) is 0 Å². The molecule has 7 heteroatoms. The highest BCUT2D eigenvalue weighted by atomic mass is 16.6. The smallest absolute Gasteiger partial charge is 0.408 e. The van der Waals surface area contributed by atoms with E-state index in [-0.39, 0.29) is 24.8 Å². The van der Waals surface area contributed by atoms with Crippen LogP contribution in [-0.2, 0) is 14.3 Å². The van der Waals surface area contributed by atoms with Crippen molar-refractivity contribution in [1.82, 2.24) is 16.0 Å². The van der Waals surface area contributed by atoms with Gasteiger partial charge in [-0.3, -0.25) is 9.59 Å². The number of amides is 3. The molecule has 0 atom stereocenters. The first-order chi connectivity index (χ1) is 11.7. The van der Waals surface area contributed by atoms with Crippen molar-refractivity contribution in [2.45, 2.75) is 85.8 Å². The summed E-state index contributed by atoms with van der Waals surface area (Å²) in [6, 6.07) is 0. The van der Waals surface area contributed by atoms with Gasteiger partial charge in [-0.2, -0.15) is 0 Å². The maximum Gasteiger partial charge on any atom is 0.408 e. The van der Waals surface area contributed by atoms with Crippen LogP contribution in [0.3, 0.4) is 0 Å². The molecular weight excluding hydrogens is 334 g/mol. The van der Waals surface area contributed by atoms with Gasteiger partial charge < -0.3 is 20.7 Å². The highest BCUT2D eigenvalue weighted by Gasteiger charge is 2.31. The zero-order chi connectivity index (χ0) is 20.6. The maximum atomic E-state index is 12.1. The Morgan fingerprint density at radius 3 is 1.85 bits per heavy atom. The number of hydrogen-bond donors (Lipinski definition) is 3. The maximum absolute atomic E-state index is 12.1. The monoisotopic (exact) mass is 371 g/mol. The molecule has 0 spiro atoms. The van der Waals surface area contributed by atoms with Gasteiger partial charge in [-0.1, -0.05) is 34.6 Å². The predicted octanol–water partition coefficient (Wildman–Crippen LogP) is 2.74. The molecule has 0 rings (SSSR count). The van der Waals surface area contributed by atoms with Crippen molar-refractivity contribution in [3.8, 4) is 0 Å². The topological polar surface area (TPSA) is 96.5 Å². The van der Waals surface area contributed by atoms with E-state index in [4.69, 9.17) is 4.74 Å². The number of carbonyl (C=O) groups is 3. The van der Waals surface area contributed by atoms with Crippen LogP contribution in [0.5, 0.6) is 0 Å². The zero-order valence-electron chi connectivity index (χ0n) is 17.7. The molecule has 0 aromatic rings. The first-order valence-corrected chi connectivity index (χ1v) is 9.31. The van der Waals surface area contributed by atoms with Crippen LogP contribution in [0.1, 0.15) is 74.7 Å². The molecule has 3 N–H and O–H groups in total. The molecule has 0 fully saturated rings. The fourth-order valence-electron chi connectivity index (χ4n) is 2.15. The molecule has 0 aliphatic heterocycles.